The number of hydrogen-bond donors (Lipinski definition) is 1. The SMILES string of the molecule is COC(=O)c1ccccc1OC(C)(C)C(=O)O. The van der Waals surface area contributed by atoms with Crippen LogP contribution in [0.25, 0.3) is 0 Å². The van der Waals surface area contributed by atoms with Crippen LogP contribution in [0.4, 0.5) is 0 Å². The first-order valence-corrected chi connectivity index (χ1v) is 4.98. The third-order valence-corrected chi connectivity index (χ3v) is 2.17. The van der Waals surface area contributed by atoms with E-state index in [0.717, 1.165) is 0 Å². The van der Waals surface area contributed by atoms with Gasteiger partial charge in [-0.3, -0.25) is 0 Å². The highest BCUT2D eigenvalue weighted by atomic mass is 16.5. The molecule has 1 rings (SSSR count). The second-order valence-electron chi connectivity index (χ2n) is 3.91. The highest BCUT2D eigenvalue weighted by Gasteiger charge is 2.30. The number of benzene rings is 1. The maximum absolute atomic E-state index is 11.4. The van der Waals surface area contributed by atoms with Gasteiger partial charge in [0.15, 0.2) is 5.60 Å². The first-order chi connectivity index (χ1) is 7.88. The van der Waals surface area contributed by atoms with Crippen molar-refractivity contribution in [1.82, 2.24) is 0 Å². The molecule has 0 unspecified atom stereocenters. The minimum absolute atomic E-state index is 0.187. The summed E-state index contributed by atoms with van der Waals surface area (Å²) in [6.45, 7) is 2.81. The normalized spacial score (nSPS) is 10.8. The van der Waals surface area contributed by atoms with Crippen molar-refractivity contribution in [3.8, 4) is 5.75 Å². The average molecular weight is 238 g/mol. The molecule has 0 aromatic heterocycles. The molecule has 0 heterocycles. The summed E-state index contributed by atoms with van der Waals surface area (Å²) >= 11 is 0. The predicted octanol–water partition coefficient (Wildman–Crippen LogP) is 1.72. The minimum atomic E-state index is -1.41. The van der Waals surface area contributed by atoms with E-state index in [-0.39, 0.29) is 11.3 Å². The molecule has 0 amide bonds. The van der Waals surface area contributed by atoms with Crippen LogP contribution < -0.4 is 4.74 Å². The van der Waals surface area contributed by atoms with Gasteiger partial charge >= 0.3 is 11.9 Å². The van der Waals surface area contributed by atoms with Crippen LogP contribution in [0.15, 0.2) is 24.3 Å². The molecule has 92 valence electrons. The number of para-hydroxylation sites is 1. The van der Waals surface area contributed by atoms with Crippen LogP contribution in [0.1, 0.15) is 24.2 Å². The van der Waals surface area contributed by atoms with E-state index in [4.69, 9.17) is 9.84 Å². The molecule has 5 heteroatoms. The lowest BCUT2D eigenvalue weighted by Gasteiger charge is -2.22. The van der Waals surface area contributed by atoms with Crippen LogP contribution in [-0.2, 0) is 9.53 Å². The summed E-state index contributed by atoms with van der Waals surface area (Å²) in [7, 11) is 1.25. The molecule has 1 N–H and O–H groups in total. The van der Waals surface area contributed by atoms with E-state index in [0.29, 0.717) is 0 Å². The fourth-order valence-electron chi connectivity index (χ4n) is 1.15. The lowest BCUT2D eigenvalue weighted by Crippen LogP contribution is -2.38. The summed E-state index contributed by atoms with van der Waals surface area (Å²) < 4.78 is 9.90. The standard InChI is InChI=1S/C12H14O5/c1-12(2,11(14)15)17-9-7-5-4-6-8(9)10(13)16-3/h4-7H,1-3H3,(H,14,15). The number of rotatable bonds is 4. The molecule has 0 bridgehead atoms. The summed E-state index contributed by atoms with van der Waals surface area (Å²) in [6.07, 6.45) is 0. The van der Waals surface area contributed by atoms with Gasteiger partial charge in [-0.15, -0.1) is 0 Å². The van der Waals surface area contributed by atoms with Crippen molar-refractivity contribution in [3.63, 3.8) is 0 Å². The number of carboxylic acid groups (broad SMARTS) is 1. The van der Waals surface area contributed by atoms with Crippen molar-refractivity contribution in [2.75, 3.05) is 7.11 Å². The number of methoxy groups -OCH3 is 1. The molecule has 0 saturated heterocycles. The van der Waals surface area contributed by atoms with Gasteiger partial charge in [-0.2, -0.15) is 0 Å². The molecule has 5 nitrogen and oxygen atoms in total. The summed E-state index contributed by atoms with van der Waals surface area (Å²) in [4.78, 5) is 22.4. The van der Waals surface area contributed by atoms with Gasteiger partial charge in [-0.1, -0.05) is 12.1 Å². The average Bonchev–Trinajstić information content (AvgIpc) is 2.28. The molecule has 0 fully saturated rings. The number of carbonyl (C=O) groups is 2. The monoisotopic (exact) mass is 238 g/mol. The molecule has 0 spiro atoms. The highest BCUT2D eigenvalue weighted by Crippen LogP contribution is 2.23. The lowest BCUT2D eigenvalue weighted by atomic mass is 10.1. The third kappa shape index (κ3) is 2.96. The zero-order valence-corrected chi connectivity index (χ0v) is 9.89. The maximum atomic E-state index is 11.4. The van der Waals surface area contributed by atoms with Crippen LogP contribution in [0.2, 0.25) is 0 Å². The van der Waals surface area contributed by atoms with E-state index in [1.165, 1.54) is 33.1 Å². The van der Waals surface area contributed by atoms with Gasteiger partial charge in [-0.05, 0) is 26.0 Å². The quantitative estimate of drug-likeness (QED) is 0.808. The zero-order chi connectivity index (χ0) is 13.1. The number of ether oxygens (including phenoxy) is 2. The molecular formula is C12H14O5. The van der Waals surface area contributed by atoms with Gasteiger partial charge in [0.1, 0.15) is 11.3 Å². The van der Waals surface area contributed by atoms with Gasteiger partial charge in [0.25, 0.3) is 0 Å². The molecule has 1 aromatic carbocycles. The van der Waals surface area contributed by atoms with Gasteiger partial charge in [0.2, 0.25) is 0 Å². The van der Waals surface area contributed by atoms with E-state index < -0.39 is 17.5 Å². The second-order valence-corrected chi connectivity index (χ2v) is 3.91. The molecule has 17 heavy (non-hydrogen) atoms. The summed E-state index contributed by atoms with van der Waals surface area (Å²) in [5, 5.41) is 8.95. The fourth-order valence-corrected chi connectivity index (χ4v) is 1.15. The van der Waals surface area contributed by atoms with Crippen molar-refractivity contribution < 1.29 is 24.2 Å². The molecule has 0 aliphatic rings. The summed E-state index contributed by atoms with van der Waals surface area (Å²) in [6, 6.07) is 6.34. The Bertz CT molecular complexity index is 436. The number of aliphatic carboxylic acids is 1. The molecule has 0 atom stereocenters. The molecule has 1 aromatic rings. The van der Waals surface area contributed by atoms with Crippen LogP contribution in [0, 0.1) is 0 Å². The number of esters is 1. The van der Waals surface area contributed by atoms with E-state index in [2.05, 4.69) is 4.74 Å². The summed E-state index contributed by atoms with van der Waals surface area (Å²) in [5.74, 6) is -1.49. The van der Waals surface area contributed by atoms with Crippen molar-refractivity contribution in [3.05, 3.63) is 29.8 Å². The Morgan fingerprint density at radius 1 is 1.24 bits per heavy atom. The topological polar surface area (TPSA) is 72.8 Å². The molecule has 0 aliphatic carbocycles. The summed E-state index contributed by atoms with van der Waals surface area (Å²) in [5.41, 5.74) is -1.21. The Hall–Kier alpha value is -2.04. The van der Waals surface area contributed by atoms with E-state index in [1.807, 2.05) is 0 Å². The first-order valence-electron chi connectivity index (χ1n) is 4.98. The van der Waals surface area contributed by atoms with Gasteiger partial charge in [-0.25, -0.2) is 9.59 Å². The van der Waals surface area contributed by atoms with Crippen LogP contribution in [-0.4, -0.2) is 29.8 Å². The molecule has 0 radical (unpaired) electrons. The highest BCUT2D eigenvalue weighted by molar-refractivity contribution is 5.92. The molecular weight excluding hydrogens is 224 g/mol. The second kappa shape index (κ2) is 4.86. The minimum Gasteiger partial charge on any atom is -0.478 e. The van der Waals surface area contributed by atoms with E-state index in [9.17, 15) is 9.59 Å². The Balaban J connectivity index is 3.07. The Kier molecular flexibility index (Phi) is 3.73. The van der Waals surface area contributed by atoms with Crippen LogP contribution in [0.3, 0.4) is 0 Å². The number of hydrogen-bond acceptors (Lipinski definition) is 4. The van der Waals surface area contributed by atoms with Gasteiger partial charge in [0, 0.05) is 0 Å². The largest absolute Gasteiger partial charge is 0.478 e. The lowest BCUT2D eigenvalue weighted by molar-refractivity contribution is -0.152. The predicted molar refractivity (Wildman–Crippen MR) is 60.1 cm³/mol. The number of carboxylic acids is 1. The van der Waals surface area contributed by atoms with Gasteiger partial charge < -0.3 is 14.6 Å². The van der Waals surface area contributed by atoms with Crippen molar-refractivity contribution in [2.24, 2.45) is 0 Å². The van der Waals surface area contributed by atoms with Crippen molar-refractivity contribution in [2.45, 2.75) is 19.4 Å². The van der Waals surface area contributed by atoms with Gasteiger partial charge in [0.05, 0.1) is 7.11 Å². The Morgan fingerprint density at radius 2 is 1.82 bits per heavy atom. The third-order valence-electron chi connectivity index (χ3n) is 2.17. The molecule has 0 saturated carbocycles. The Morgan fingerprint density at radius 3 is 2.35 bits per heavy atom. The van der Waals surface area contributed by atoms with Crippen LogP contribution in [0.5, 0.6) is 5.75 Å². The van der Waals surface area contributed by atoms with Crippen molar-refractivity contribution in [1.29, 1.82) is 0 Å². The van der Waals surface area contributed by atoms with E-state index in [1.54, 1.807) is 12.1 Å². The zero-order valence-electron chi connectivity index (χ0n) is 9.89. The van der Waals surface area contributed by atoms with E-state index >= 15 is 0 Å². The Labute approximate surface area is 99.0 Å². The van der Waals surface area contributed by atoms with Crippen LogP contribution >= 0.6 is 0 Å². The number of carbonyl (C=O) groups excluding carboxylic acids is 1. The molecule has 0 aliphatic heterocycles. The first kappa shape index (κ1) is 13.0. The smallest absolute Gasteiger partial charge is 0.347 e. The fraction of sp³-hybridized carbons (Fsp3) is 0.333. The maximum Gasteiger partial charge on any atom is 0.347 e. The van der Waals surface area contributed by atoms with Crippen molar-refractivity contribution >= 4 is 11.9 Å².